The van der Waals surface area contributed by atoms with Crippen molar-refractivity contribution < 1.29 is 18.4 Å². The topological polar surface area (TPSA) is 50.3 Å². The Bertz CT molecular complexity index is 681. The van der Waals surface area contributed by atoms with Gasteiger partial charge in [-0.2, -0.15) is 0 Å². The number of nitrogens with zero attached hydrogens (tertiary/aromatic N) is 2. The van der Waals surface area contributed by atoms with Gasteiger partial charge in [-0.05, 0) is 18.2 Å². The van der Waals surface area contributed by atoms with Crippen molar-refractivity contribution >= 4 is 17.5 Å². The van der Waals surface area contributed by atoms with Crippen LogP contribution in [0.4, 0.5) is 14.5 Å². The van der Waals surface area contributed by atoms with Crippen LogP contribution in [0.3, 0.4) is 0 Å². The summed E-state index contributed by atoms with van der Waals surface area (Å²) in [5, 5.41) is 0. The van der Waals surface area contributed by atoms with Crippen LogP contribution in [0, 0.1) is 11.6 Å². The van der Waals surface area contributed by atoms with Gasteiger partial charge in [0.2, 0.25) is 0 Å². The molecule has 19 heavy (non-hydrogen) atoms. The molecule has 0 radical (unpaired) electrons. The number of hydrogen-bond donors (Lipinski definition) is 0. The standard InChI is InChI=1S/C13H6F2N2O2/c14-7-1-2-10(15)11(5-7)17-12(18)8-3-4-16-6-9(8)13(17)19/h1-6H. The van der Waals surface area contributed by atoms with Crippen LogP contribution in [-0.4, -0.2) is 16.8 Å². The van der Waals surface area contributed by atoms with E-state index in [1.54, 1.807) is 0 Å². The lowest BCUT2D eigenvalue weighted by atomic mass is 10.2. The lowest BCUT2D eigenvalue weighted by molar-refractivity contribution is 0.0925. The molecule has 3 rings (SSSR count). The molecule has 0 N–H and O–H groups in total. The summed E-state index contributed by atoms with van der Waals surface area (Å²) < 4.78 is 26.8. The number of benzene rings is 1. The molecule has 0 unspecified atom stereocenters. The third kappa shape index (κ3) is 1.61. The van der Waals surface area contributed by atoms with Gasteiger partial charge in [-0.15, -0.1) is 0 Å². The van der Waals surface area contributed by atoms with E-state index in [-0.39, 0.29) is 11.1 Å². The van der Waals surface area contributed by atoms with Crippen LogP contribution in [0.2, 0.25) is 0 Å². The van der Waals surface area contributed by atoms with Crippen LogP contribution in [0.25, 0.3) is 0 Å². The van der Waals surface area contributed by atoms with Crippen molar-refractivity contribution in [2.24, 2.45) is 0 Å². The molecule has 0 atom stereocenters. The van der Waals surface area contributed by atoms with Crippen molar-refractivity contribution in [2.75, 3.05) is 4.90 Å². The van der Waals surface area contributed by atoms with Gasteiger partial charge >= 0.3 is 0 Å². The third-order valence-electron chi connectivity index (χ3n) is 2.84. The lowest BCUT2D eigenvalue weighted by Gasteiger charge is -2.14. The first kappa shape index (κ1) is 11.5. The van der Waals surface area contributed by atoms with Crippen molar-refractivity contribution in [1.82, 2.24) is 4.98 Å². The van der Waals surface area contributed by atoms with E-state index in [0.29, 0.717) is 4.90 Å². The predicted molar refractivity (Wildman–Crippen MR) is 61.7 cm³/mol. The largest absolute Gasteiger partial charge is 0.268 e. The molecular weight excluding hydrogens is 254 g/mol. The van der Waals surface area contributed by atoms with Crippen molar-refractivity contribution in [3.8, 4) is 0 Å². The Morgan fingerprint density at radius 2 is 1.74 bits per heavy atom. The highest BCUT2D eigenvalue weighted by molar-refractivity contribution is 6.34. The second-order valence-corrected chi connectivity index (χ2v) is 3.96. The zero-order valence-electron chi connectivity index (χ0n) is 9.43. The SMILES string of the molecule is O=C1c2ccncc2C(=O)N1c1cc(F)ccc1F. The highest BCUT2D eigenvalue weighted by Gasteiger charge is 2.38. The molecular formula is C13H6F2N2O2. The van der Waals surface area contributed by atoms with Gasteiger partial charge in [0, 0.05) is 18.5 Å². The van der Waals surface area contributed by atoms with Gasteiger partial charge in [0.05, 0.1) is 16.8 Å². The molecule has 2 aromatic rings. The van der Waals surface area contributed by atoms with Crippen molar-refractivity contribution in [2.45, 2.75) is 0 Å². The summed E-state index contributed by atoms with van der Waals surface area (Å²) in [6.07, 6.45) is 2.59. The smallest absolute Gasteiger partial charge is 0.267 e. The van der Waals surface area contributed by atoms with E-state index in [4.69, 9.17) is 0 Å². The van der Waals surface area contributed by atoms with Gasteiger partial charge in [-0.25, -0.2) is 13.7 Å². The summed E-state index contributed by atoms with van der Waals surface area (Å²) in [4.78, 5) is 28.5. The molecule has 0 saturated heterocycles. The number of fused-ring (bicyclic) bond motifs is 1. The molecule has 4 nitrogen and oxygen atoms in total. The molecule has 0 bridgehead atoms. The Balaban J connectivity index is 2.17. The average molecular weight is 260 g/mol. The van der Waals surface area contributed by atoms with E-state index in [1.807, 2.05) is 0 Å². The fourth-order valence-electron chi connectivity index (χ4n) is 1.96. The maximum Gasteiger partial charge on any atom is 0.267 e. The number of hydrogen-bond acceptors (Lipinski definition) is 3. The van der Waals surface area contributed by atoms with E-state index in [2.05, 4.69) is 4.98 Å². The van der Waals surface area contributed by atoms with Crippen molar-refractivity contribution in [3.05, 3.63) is 59.4 Å². The minimum absolute atomic E-state index is 0.0798. The maximum atomic E-state index is 13.7. The molecule has 0 aliphatic carbocycles. The highest BCUT2D eigenvalue weighted by Crippen LogP contribution is 2.29. The van der Waals surface area contributed by atoms with Crippen molar-refractivity contribution in [3.63, 3.8) is 0 Å². The Labute approximate surface area is 106 Å². The summed E-state index contributed by atoms with van der Waals surface area (Å²) in [6, 6.07) is 3.96. The van der Waals surface area contributed by atoms with Crippen molar-refractivity contribution in [1.29, 1.82) is 0 Å². The number of aromatic nitrogens is 1. The Kier molecular flexibility index (Phi) is 2.38. The molecule has 2 amide bonds. The monoisotopic (exact) mass is 260 g/mol. The number of carbonyl (C=O) groups excluding carboxylic acids is 2. The molecule has 0 saturated carbocycles. The molecule has 1 aromatic carbocycles. The first-order valence-electron chi connectivity index (χ1n) is 5.37. The Morgan fingerprint density at radius 3 is 2.47 bits per heavy atom. The zero-order chi connectivity index (χ0) is 13.6. The van der Waals surface area contributed by atoms with Crippen LogP contribution in [0.15, 0.2) is 36.7 Å². The predicted octanol–water partition coefficient (Wildman–Crippen LogP) is 2.16. The average Bonchev–Trinajstić information content (AvgIpc) is 2.66. The zero-order valence-corrected chi connectivity index (χ0v) is 9.43. The van der Waals surface area contributed by atoms with E-state index in [9.17, 15) is 18.4 Å². The normalized spacial score (nSPS) is 13.9. The first-order chi connectivity index (χ1) is 9.09. The fraction of sp³-hybridized carbons (Fsp3) is 0. The molecule has 94 valence electrons. The van der Waals surface area contributed by atoms with Gasteiger partial charge in [0.15, 0.2) is 0 Å². The van der Waals surface area contributed by atoms with Crippen LogP contribution >= 0.6 is 0 Å². The first-order valence-corrected chi connectivity index (χ1v) is 5.37. The number of pyridine rings is 1. The molecule has 2 heterocycles. The van der Waals surface area contributed by atoms with Gasteiger partial charge in [0.25, 0.3) is 11.8 Å². The second-order valence-electron chi connectivity index (χ2n) is 3.96. The van der Waals surface area contributed by atoms with Crippen LogP contribution < -0.4 is 4.90 Å². The molecule has 0 fully saturated rings. The van der Waals surface area contributed by atoms with Crippen LogP contribution in [0.5, 0.6) is 0 Å². The molecule has 1 aliphatic rings. The lowest BCUT2D eigenvalue weighted by Crippen LogP contribution is -2.30. The number of amides is 2. The van der Waals surface area contributed by atoms with E-state index >= 15 is 0 Å². The molecule has 0 spiro atoms. The van der Waals surface area contributed by atoms with Gasteiger partial charge in [0.1, 0.15) is 11.6 Å². The summed E-state index contributed by atoms with van der Waals surface area (Å²) in [5.74, 6) is -2.97. The summed E-state index contributed by atoms with van der Waals surface area (Å²) in [7, 11) is 0. The van der Waals surface area contributed by atoms with Gasteiger partial charge in [-0.1, -0.05) is 0 Å². The number of carbonyl (C=O) groups is 2. The molecule has 1 aliphatic heterocycles. The molecule has 1 aromatic heterocycles. The van der Waals surface area contributed by atoms with Crippen LogP contribution in [-0.2, 0) is 0 Å². The van der Waals surface area contributed by atoms with Crippen LogP contribution in [0.1, 0.15) is 20.7 Å². The fourth-order valence-corrected chi connectivity index (χ4v) is 1.96. The summed E-state index contributed by atoms with van der Waals surface area (Å²) in [5.41, 5.74) is -0.189. The van der Waals surface area contributed by atoms with Gasteiger partial charge in [-0.3, -0.25) is 14.6 Å². The quantitative estimate of drug-likeness (QED) is 0.738. The summed E-state index contributed by atoms with van der Waals surface area (Å²) >= 11 is 0. The Morgan fingerprint density at radius 1 is 1.00 bits per heavy atom. The van der Waals surface area contributed by atoms with E-state index in [1.165, 1.54) is 18.5 Å². The second kappa shape index (κ2) is 3.94. The number of imide groups is 1. The number of rotatable bonds is 1. The highest BCUT2D eigenvalue weighted by atomic mass is 19.1. The summed E-state index contributed by atoms with van der Waals surface area (Å²) in [6.45, 7) is 0. The van der Waals surface area contributed by atoms with E-state index < -0.39 is 29.1 Å². The maximum absolute atomic E-state index is 13.7. The number of halogens is 2. The van der Waals surface area contributed by atoms with Gasteiger partial charge < -0.3 is 0 Å². The number of anilines is 1. The minimum atomic E-state index is -0.844. The third-order valence-corrected chi connectivity index (χ3v) is 2.84. The minimum Gasteiger partial charge on any atom is -0.268 e. The van der Waals surface area contributed by atoms with E-state index in [0.717, 1.165) is 18.2 Å². The Hall–Kier alpha value is -2.63. The molecule has 6 heteroatoms.